The van der Waals surface area contributed by atoms with Crippen molar-refractivity contribution in [1.29, 1.82) is 0 Å². The molecule has 122 valence electrons. The molecule has 0 saturated carbocycles. The predicted octanol–water partition coefficient (Wildman–Crippen LogP) is 2.01. The summed E-state index contributed by atoms with van der Waals surface area (Å²) >= 11 is 0. The summed E-state index contributed by atoms with van der Waals surface area (Å²) in [4.78, 5) is 0. The van der Waals surface area contributed by atoms with E-state index in [4.69, 9.17) is 4.74 Å². The Morgan fingerprint density at radius 3 is 2.50 bits per heavy atom. The first-order chi connectivity index (χ1) is 10.7. The molecule has 2 heterocycles. The van der Waals surface area contributed by atoms with Crippen molar-refractivity contribution in [1.82, 2.24) is 8.61 Å². The summed E-state index contributed by atoms with van der Waals surface area (Å²) in [5.74, 6) is 0. The molecular formula is C16H24N2O3S. The Kier molecular flexibility index (Phi) is 5.13. The maximum absolute atomic E-state index is 12.9. The van der Waals surface area contributed by atoms with E-state index in [1.165, 1.54) is 0 Å². The molecule has 5 nitrogen and oxygen atoms in total. The minimum Gasteiger partial charge on any atom is -0.377 e. The smallest absolute Gasteiger partial charge is 0.282 e. The van der Waals surface area contributed by atoms with E-state index >= 15 is 0 Å². The van der Waals surface area contributed by atoms with Crippen molar-refractivity contribution >= 4 is 10.2 Å². The van der Waals surface area contributed by atoms with Gasteiger partial charge < -0.3 is 4.74 Å². The van der Waals surface area contributed by atoms with Gasteiger partial charge in [0.2, 0.25) is 0 Å². The first-order valence-electron chi connectivity index (χ1n) is 8.07. The second kappa shape index (κ2) is 7.08. The van der Waals surface area contributed by atoms with E-state index in [0.717, 1.165) is 37.9 Å². The van der Waals surface area contributed by atoms with Gasteiger partial charge in [0.25, 0.3) is 10.2 Å². The maximum Gasteiger partial charge on any atom is 0.282 e. The van der Waals surface area contributed by atoms with E-state index < -0.39 is 10.2 Å². The van der Waals surface area contributed by atoms with Crippen LogP contribution in [0.15, 0.2) is 30.3 Å². The number of hydrogen-bond acceptors (Lipinski definition) is 3. The highest BCUT2D eigenvalue weighted by Gasteiger charge is 2.34. The number of benzene rings is 1. The molecule has 2 fully saturated rings. The molecule has 22 heavy (non-hydrogen) atoms. The first-order valence-corrected chi connectivity index (χ1v) is 9.47. The molecular weight excluding hydrogens is 300 g/mol. The maximum atomic E-state index is 12.9. The number of rotatable bonds is 6. The second-order valence-corrected chi connectivity index (χ2v) is 7.96. The number of nitrogens with zero attached hydrogens (tertiary/aromatic N) is 2. The largest absolute Gasteiger partial charge is 0.377 e. The van der Waals surface area contributed by atoms with Crippen molar-refractivity contribution in [2.75, 3.05) is 26.2 Å². The monoisotopic (exact) mass is 324 g/mol. The Hall–Kier alpha value is -0.950. The van der Waals surface area contributed by atoms with Crippen molar-refractivity contribution in [3.8, 4) is 0 Å². The van der Waals surface area contributed by atoms with Gasteiger partial charge in [-0.2, -0.15) is 17.0 Å². The second-order valence-electron chi connectivity index (χ2n) is 6.03. The average Bonchev–Trinajstić information content (AvgIpc) is 3.21. The van der Waals surface area contributed by atoms with E-state index in [9.17, 15) is 8.42 Å². The van der Waals surface area contributed by atoms with Gasteiger partial charge in [-0.3, -0.25) is 0 Å². The standard InChI is InChI=1S/C16H24N2O3S/c19-22(20,17-10-4-5-11-17)18(14-16-9-6-12-21-16)13-15-7-2-1-3-8-15/h1-3,7-8,16H,4-6,9-14H2/t16-/m1/s1. The summed E-state index contributed by atoms with van der Waals surface area (Å²) in [6.07, 6.45) is 3.91. The van der Waals surface area contributed by atoms with E-state index in [0.29, 0.717) is 26.2 Å². The van der Waals surface area contributed by atoms with Gasteiger partial charge in [-0.05, 0) is 31.2 Å². The molecule has 0 bridgehead atoms. The Labute approximate surface area is 133 Å². The molecule has 2 aliphatic heterocycles. The van der Waals surface area contributed by atoms with Gasteiger partial charge in [-0.25, -0.2) is 0 Å². The zero-order chi connectivity index (χ0) is 15.4. The average molecular weight is 324 g/mol. The van der Waals surface area contributed by atoms with Crippen LogP contribution in [0.2, 0.25) is 0 Å². The van der Waals surface area contributed by atoms with Crippen LogP contribution in [0.5, 0.6) is 0 Å². The summed E-state index contributed by atoms with van der Waals surface area (Å²) in [6, 6.07) is 9.79. The predicted molar refractivity (Wildman–Crippen MR) is 85.6 cm³/mol. The van der Waals surface area contributed by atoms with Crippen LogP contribution < -0.4 is 0 Å². The lowest BCUT2D eigenvalue weighted by Crippen LogP contribution is -2.45. The third kappa shape index (κ3) is 3.68. The topological polar surface area (TPSA) is 49.9 Å². The normalized spacial score (nSPS) is 23.4. The Bertz CT molecular complexity index is 564. The lowest BCUT2D eigenvalue weighted by atomic mass is 10.2. The molecule has 0 aromatic heterocycles. The molecule has 1 aromatic carbocycles. The minimum atomic E-state index is -3.40. The minimum absolute atomic E-state index is 0.0288. The fourth-order valence-corrected chi connectivity index (χ4v) is 4.84. The van der Waals surface area contributed by atoms with Crippen LogP contribution >= 0.6 is 0 Å². The molecule has 2 saturated heterocycles. The summed E-state index contributed by atoms with van der Waals surface area (Å²) in [6.45, 7) is 2.89. The fourth-order valence-electron chi connectivity index (χ4n) is 3.12. The summed E-state index contributed by atoms with van der Waals surface area (Å²) in [5, 5.41) is 0. The molecule has 1 atom stereocenters. The van der Waals surface area contributed by atoms with Gasteiger partial charge in [0.15, 0.2) is 0 Å². The molecule has 3 rings (SSSR count). The molecule has 1 aromatic rings. The number of ether oxygens (including phenoxy) is 1. The van der Waals surface area contributed by atoms with E-state index in [1.807, 2.05) is 30.3 Å². The third-order valence-electron chi connectivity index (χ3n) is 4.35. The van der Waals surface area contributed by atoms with Crippen LogP contribution in [0, 0.1) is 0 Å². The highest BCUT2D eigenvalue weighted by molar-refractivity contribution is 7.86. The van der Waals surface area contributed by atoms with Gasteiger partial charge >= 0.3 is 0 Å². The van der Waals surface area contributed by atoms with Crippen LogP contribution in [0.25, 0.3) is 0 Å². The molecule has 0 N–H and O–H groups in total. The van der Waals surface area contributed by atoms with Gasteiger partial charge in [-0.15, -0.1) is 0 Å². The van der Waals surface area contributed by atoms with Gasteiger partial charge in [0.1, 0.15) is 0 Å². The Balaban J connectivity index is 1.78. The molecule has 2 aliphatic rings. The van der Waals surface area contributed by atoms with Crippen molar-refractivity contribution in [3.05, 3.63) is 35.9 Å². The lowest BCUT2D eigenvalue weighted by molar-refractivity contribution is 0.0911. The van der Waals surface area contributed by atoms with Gasteiger partial charge in [0.05, 0.1) is 6.10 Å². The molecule has 0 amide bonds. The summed E-state index contributed by atoms with van der Waals surface area (Å²) < 4.78 is 34.7. The van der Waals surface area contributed by atoms with Crippen molar-refractivity contribution in [2.24, 2.45) is 0 Å². The van der Waals surface area contributed by atoms with Crippen LogP contribution in [0.3, 0.4) is 0 Å². The van der Waals surface area contributed by atoms with E-state index in [1.54, 1.807) is 8.61 Å². The molecule has 6 heteroatoms. The van der Waals surface area contributed by atoms with Crippen molar-refractivity contribution < 1.29 is 13.2 Å². The molecule has 0 spiro atoms. The molecule has 0 unspecified atom stereocenters. The van der Waals surface area contributed by atoms with Crippen molar-refractivity contribution in [2.45, 2.75) is 38.3 Å². The molecule has 0 aliphatic carbocycles. The highest BCUT2D eigenvalue weighted by Crippen LogP contribution is 2.22. The van der Waals surface area contributed by atoms with Crippen LogP contribution in [0.4, 0.5) is 0 Å². The van der Waals surface area contributed by atoms with Crippen LogP contribution in [-0.2, 0) is 21.5 Å². The third-order valence-corrected chi connectivity index (χ3v) is 6.30. The quantitative estimate of drug-likeness (QED) is 0.804. The zero-order valence-corrected chi connectivity index (χ0v) is 13.7. The zero-order valence-electron chi connectivity index (χ0n) is 12.9. The first kappa shape index (κ1) is 15.9. The van der Waals surface area contributed by atoms with Crippen LogP contribution in [0.1, 0.15) is 31.2 Å². The molecule has 0 radical (unpaired) electrons. The fraction of sp³-hybridized carbons (Fsp3) is 0.625. The van der Waals surface area contributed by atoms with Crippen molar-refractivity contribution in [3.63, 3.8) is 0 Å². The van der Waals surface area contributed by atoms with E-state index in [-0.39, 0.29) is 6.10 Å². The Morgan fingerprint density at radius 1 is 1.14 bits per heavy atom. The lowest BCUT2D eigenvalue weighted by Gasteiger charge is -2.29. The number of hydrogen-bond donors (Lipinski definition) is 0. The van der Waals surface area contributed by atoms with Crippen LogP contribution in [-0.4, -0.2) is 49.4 Å². The Morgan fingerprint density at radius 2 is 1.86 bits per heavy atom. The summed E-state index contributed by atoms with van der Waals surface area (Å²) in [5.41, 5.74) is 1.02. The van der Waals surface area contributed by atoms with E-state index in [2.05, 4.69) is 0 Å². The van der Waals surface area contributed by atoms with Gasteiger partial charge in [0, 0.05) is 32.8 Å². The van der Waals surface area contributed by atoms with Gasteiger partial charge in [-0.1, -0.05) is 30.3 Å². The SMILES string of the molecule is O=S(=O)(N1CCCC1)N(Cc1ccccc1)C[C@H]1CCCO1. The summed E-state index contributed by atoms with van der Waals surface area (Å²) in [7, 11) is -3.40. The highest BCUT2D eigenvalue weighted by atomic mass is 32.2.